The van der Waals surface area contributed by atoms with Gasteiger partial charge in [0.05, 0.1) is 5.02 Å². The quantitative estimate of drug-likeness (QED) is 0.351. The Bertz CT molecular complexity index is 1560. The number of halogens is 4. The molecule has 0 aromatic carbocycles. The SMILES string of the molecule is CC1CCC(Cn2c(N3CCC[C@H]3C(F)(F)F)nc3nc(-c4noc(=O)[nH]4)nc(-c4cncc(Cl)c4)c32)CC1. The number of pyridine rings is 1. The van der Waals surface area contributed by atoms with Crippen LogP contribution in [0.4, 0.5) is 19.1 Å². The minimum absolute atomic E-state index is 0.00414. The lowest BCUT2D eigenvalue weighted by Crippen LogP contribution is -2.42. The van der Waals surface area contributed by atoms with E-state index < -0.39 is 18.0 Å². The smallest absolute Gasteiger partial charge is 0.330 e. The average molecular weight is 563 g/mol. The van der Waals surface area contributed by atoms with E-state index in [4.69, 9.17) is 11.6 Å². The molecule has 0 spiro atoms. The van der Waals surface area contributed by atoms with E-state index in [0.29, 0.717) is 40.7 Å². The summed E-state index contributed by atoms with van der Waals surface area (Å²) in [5.74, 6) is 0.296. The summed E-state index contributed by atoms with van der Waals surface area (Å²) in [4.78, 5) is 33.4. The largest absolute Gasteiger partial charge is 0.439 e. The van der Waals surface area contributed by atoms with Gasteiger partial charge in [-0.2, -0.15) is 18.2 Å². The number of hydrogen-bond donors (Lipinski definition) is 1. The first-order chi connectivity index (χ1) is 18.7. The summed E-state index contributed by atoms with van der Waals surface area (Å²) in [6.45, 7) is 2.92. The number of aromatic nitrogens is 7. The van der Waals surface area contributed by atoms with Crippen molar-refractivity contribution in [3.05, 3.63) is 34.0 Å². The summed E-state index contributed by atoms with van der Waals surface area (Å²) in [6, 6.07) is 0.0225. The topological polar surface area (TPSA) is 119 Å². The highest BCUT2D eigenvalue weighted by Crippen LogP contribution is 2.40. The van der Waals surface area contributed by atoms with Gasteiger partial charge >= 0.3 is 11.9 Å². The fourth-order valence-corrected chi connectivity index (χ4v) is 5.88. The van der Waals surface area contributed by atoms with Crippen LogP contribution >= 0.6 is 11.6 Å². The van der Waals surface area contributed by atoms with Gasteiger partial charge in [-0.05, 0) is 43.6 Å². The summed E-state index contributed by atoms with van der Waals surface area (Å²) in [6.07, 6.45) is 3.09. The predicted octanol–water partition coefficient (Wildman–Crippen LogP) is 5.24. The Labute approximate surface area is 225 Å². The fourth-order valence-electron chi connectivity index (χ4n) is 5.71. The van der Waals surface area contributed by atoms with Gasteiger partial charge in [0.1, 0.15) is 17.3 Å². The van der Waals surface area contributed by atoms with Crippen LogP contribution in [-0.2, 0) is 6.54 Å². The van der Waals surface area contributed by atoms with Crippen molar-refractivity contribution in [2.45, 2.75) is 64.2 Å². The molecule has 6 rings (SSSR count). The molecule has 0 amide bonds. The minimum atomic E-state index is -4.41. The van der Waals surface area contributed by atoms with Gasteiger partial charge in [0.2, 0.25) is 17.6 Å². The molecule has 1 aliphatic carbocycles. The van der Waals surface area contributed by atoms with Crippen LogP contribution in [0.2, 0.25) is 5.02 Å². The molecule has 1 aliphatic heterocycles. The molecule has 0 unspecified atom stereocenters. The zero-order chi connectivity index (χ0) is 27.3. The molecule has 1 N–H and O–H groups in total. The molecule has 206 valence electrons. The van der Waals surface area contributed by atoms with Gasteiger partial charge < -0.3 is 9.47 Å². The number of H-pyrrole nitrogens is 1. The first-order valence-electron chi connectivity index (χ1n) is 13.0. The highest BCUT2D eigenvalue weighted by molar-refractivity contribution is 6.30. The van der Waals surface area contributed by atoms with Gasteiger partial charge in [0.15, 0.2) is 5.65 Å². The van der Waals surface area contributed by atoms with Crippen molar-refractivity contribution in [2.75, 3.05) is 11.4 Å². The Morgan fingerprint density at radius 2 is 1.92 bits per heavy atom. The maximum Gasteiger partial charge on any atom is 0.439 e. The van der Waals surface area contributed by atoms with Crippen molar-refractivity contribution >= 4 is 28.7 Å². The van der Waals surface area contributed by atoms with Gasteiger partial charge in [0, 0.05) is 31.0 Å². The van der Waals surface area contributed by atoms with Gasteiger partial charge in [-0.3, -0.25) is 14.5 Å². The number of anilines is 1. The van der Waals surface area contributed by atoms with E-state index in [1.165, 1.54) is 11.1 Å². The summed E-state index contributed by atoms with van der Waals surface area (Å²) in [5, 5.41) is 4.05. The van der Waals surface area contributed by atoms with Crippen molar-refractivity contribution in [1.82, 2.24) is 34.6 Å². The second-order valence-electron chi connectivity index (χ2n) is 10.4. The molecule has 0 radical (unpaired) electrons. The van der Waals surface area contributed by atoms with Crippen molar-refractivity contribution < 1.29 is 17.7 Å². The van der Waals surface area contributed by atoms with E-state index in [2.05, 4.69) is 41.5 Å². The van der Waals surface area contributed by atoms with Crippen LogP contribution in [0.5, 0.6) is 0 Å². The van der Waals surface area contributed by atoms with E-state index >= 15 is 0 Å². The lowest BCUT2D eigenvalue weighted by molar-refractivity contribution is -0.146. The molecule has 5 heterocycles. The Morgan fingerprint density at radius 3 is 2.62 bits per heavy atom. The van der Waals surface area contributed by atoms with Gasteiger partial charge in [-0.15, -0.1) is 0 Å². The number of aromatic amines is 1. The number of hydrogen-bond acceptors (Lipinski definition) is 8. The third kappa shape index (κ3) is 4.99. The van der Waals surface area contributed by atoms with Crippen LogP contribution in [0.1, 0.15) is 45.4 Å². The average Bonchev–Trinajstić information content (AvgIpc) is 3.63. The second-order valence-corrected chi connectivity index (χ2v) is 10.9. The highest BCUT2D eigenvalue weighted by Gasteiger charge is 2.47. The highest BCUT2D eigenvalue weighted by atomic mass is 35.5. The minimum Gasteiger partial charge on any atom is -0.330 e. The number of alkyl halides is 3. The van der Waals surface area contributed by atoms with Crippen LogP contribution in [-0.4, -0.2) is 53.4 Å². The van der Waals surface area contributed by atoms with E-state index in [0.717, 1.165) is 25.7 Å². The monoisotopic (exact) mass is 562 g/mol. The van der Waals surface area contributed by atoms with Gasteiger partial charge in [-0.1, -0.05) is 36.5 Å². The van der Waals surface area contributed by atoms with Crippen LogP contribution in [0.3, 0.4) is 0 Å². The molecule has 14 heteroatoms. The molecule has 10 nitrogen and oxygen atoms in total. The third-order valence-corrected chi connectivity index (χ3v) is 7.88. The maximum atomic E-state index is 14.1. The van der Waals surface area contributed by atoms with E-state index in [1.54, 1.807) is 12.3 Å². The zero-order valence-electron chi connectivity index (χ0n) is 21.1. The number of nitrogens with zero attached hydrogens (tertiary/aromatic N) is 7. The lowest BCUT2D eigenvalue weighted by atomic mass is 9.83. The molecule has 1 atom stereocenters. The number of rotatable bonds is 5. The van der Waals surface area contributed by atoms with Crippen molar-refractivity contribution in [3.63, 3.8) is 0 Å². The van der Waals surface area contributed by atoms with Crippen molar-refractivity contribution in [3.8, 4) is 22.9 Å². The van der Waals surface area contributed by atoms with Crippen molar-refractivity contribution in [1.29, 1.82) is 0 Å². The summed E-state index contributed by atoms with van der Waals surface area (Å²) in [7, 11) is 0. The molecule has 2 fully saturated rings. The molecule has 4 aromatic heterocycles. The first kappa shape index (κ1) is 25.8. The standard InChI is InChI=1S/C25H26ClF3N8O2/c1-13-4-6-14(7-5-13)12-37-19-18(15-9-16(26)11-30-10-15)31-21(22-34-24(38)39-35-22)32-20(19)33-23(37)36-8-2-3-17(36)25(27,28)29/h9-11,13-14,17H,2-8,12H2,1H3,(H,34,35,38)/t13?,14?,17-/m0/s1. The number of fused-ring (bicyclic) bond motifs is 1. The predicted molar refractivity (Wildman–Crippen MR) is 137 cm³/mol. The zero-order valence-corrected chi connectivity index (χ0v) is 21.8. The summed E-state index contributed by atoms with van der Waals surface area (Å²) < 4.78 is 48.7. The molecule has 1 saturated heterocycles. The lowest BCUT2D eigenvalue weighted by Gasteiger charge is -2.31. The molecular weight excluding hydrogens is 537 g/mol. The summed E-state index contributed by atoms with van der Waals surface area (Å²) in [5.41, 5.74) is 1.57. The van der Waals surface area contributed by atoms with Crippen LogP contribution in [0.25, 0.3) is 34.1 Å². The van der Waals surface area contributed by atoms with E-state index in [9.17, 15) is 18.0 Å². The second kappa shape index (κ2) is 9.92. The Hall–Kier alpha value is -3.48. The molecular formula is C25H26ClF3N8O2. The molecule has 0 bridgehead atoms. The Balaban J connectivity index is 1.59. The van der Waals surface area contributed by atoms with Crippen LogP contribution in [0.15, 0.2) is 27.8 Å². The van der Waals surface area contributed by atoms with Gasteiger partial charge in [-0.25, -0.2) is 14.8 Å². The number of nitrogens with one attached hydrogen (secondary N) is 1. The van der Waals surface area contributed by atoms with E-state index in [1.807, 2.05) is 4.57 Å². The number of imidazole rings is 1. The first-order valence-corrected chi connectivity index (χ1v) is 13.3. The normalized spacial score (nSPS) is 22.2. The molecule has 39 heavy (non-hydrogen) atoms. The van der Waals surface area contributed by atoms with Crippen LogP contribution in [0, 0.1) is 11.8 Å². The van der Waals surface area contributed by atoms with Crippen LogP contribution < -0.4 is 10.7 Å². The summed E-state index contributed by atoms with van der Waals surface area (Å²) >= 11 is 6.26. The van der Waals surface area contributed by atoms with Crippen molar-refractivity contribution in [2.24, 2.45) is 11.8 Å². The van der Waals surface area contributed by atoms with Gasteiger partial charge in [0.25, 0.3) is 0 Å². The molecule has 4 aromatic rings. The molecule has 1 saturated carbocycles. The maximum absolute atomic E-state index is 14.1. The molecule has 2 aliphatic rings. The van der Waals surface area contributed by atoms with E-state index in [-0.39, 0.29) is 42.1 Å². The Morgan fingerprint density at radius 1 is 1.13 bits per heavy atom. The Kier molecular flexibility index (Phi) is 6.56. The third-order valence-electron chi connectivity index (χ3n) is 7.68. The fraction of sp³-hybridized carbons (Fsp3) is 0.520.